The fourth-order valence-corrected chi connectivity index (χ4v) is 4.54. The lowest BCUT2D eigenvalue weighted by atomic mass is 10.0. The predicted octanol–water partition coefficient (Wildman–Crippen LogP) is 3.06. The molecule has 2 fully saturated rings. The zero-order valence-corrected chi connectivity index (χ0v) is 19.7. The number of hydrogen-bond acceptors (Lipinski definition) is 8. The normalized spacial score (nSPS) is 19.5. The molecule has 2 saturated heterocycles. The lowest BCUT2D eigenvalue weighted by Gasteiger charge is -2.37. The number of likely N-dealkylation sites (tertiary alicyclic amines) is 1. The third kappa shape index (κ3) is 4.56. The van der Waals surface area contributed by atoms with Crippen molar-refractivity contribution in [3.05, 3.63) is 53.3 Å². The van der Waals surface area contributed by atoms with Crippen LogP contribution in [0.5, 0.6) is 23.0 Å². The molecule has 2 aromatic rings. The molecule has 0 aliphatic carbocycles. The van der Waals surface area contributed by atoms with Crippen molar-refractivity contribution in [3.8, 4) is 23.0 Å². The van der Waals surface area contributed by atoms with Crippen LogP contribution in [0.3, 0.4) is 0 Å². The Morgan fingerprint density at radius 1 is 1.09 bits per heavy atom. The molecule has 9 heteroatoms. The van der Waals surface area contributed by atoms with Gasteiger partial charge in [0.25, 0.3) is 5.91 Å². The van der Waals surface area contributed by atoms with E-state index in [1.165, 1.54) is 7.11 Å². The molecule has 0 unspecified atom stereocenters. The molecule has 3 aliphatic heterocycles. The molecule has 0 radical (unpaired) electrons. The maximum Gasteiger partial charge on any atom is 0.260 e. The second kappa shape index (κ2) is 9.59. The summed E-state index contributed by atoms with van der Waals surface area (Å²) in [6, 6.07) is 10.3. The largest absolute Gasteiger partial charge is 0.493 e. The van der Waals surface area contributed by atoms with Gasteiger partial charge in [-0.2, -0.15) is 0 Å². The summed E-state index contributed by atoms with van der Waals surface area (Å²) in [5.41, 5.74) is 1.08. The summed E-state index contributed by atoms with van der Waals surface area (Å²) in [5, 5.41) is 0. The van der Waals surface area contributed by atoms with Crippen molar-refractivity contribution in [1.29, 1.82) is 0 Å². The topological polar surface area (TPSA) is 92.8 Å². The van der Waals surface area contributed by atoms with E-state index in [0.717, 1.165) is 0 Å². The molecule has 3 aliphatic rings. The van der Waals surface area contributed by atoms with Gasteiger partial charge in [-0.1, -0.05) is 12.1 Å². The second-order valence-electron chi connectivity index (χ2n) is 8.46. The summed E-state index contributed by atoms with van der Waals surface area (Å²) >= 11 is 0. The van der Waals surface area contributed by atoms with E-state index in [1.54, 1.807) is 48.4 Å². The Bertz CT molecular complexity index is 1160. The first-order valence-electron chi connectivity index (χ1n) is 11.5. The number of piperidine rings is 1. The van der Waals surface area contributed by atoms with Crippen molar-refractivity contribution in [2.24, 2.45) is 0 Å². The van der Waals surface area contributed by atoms with Gasteiger partial charge in [-0.15, -0.1) is 0 Å². The van der Waals surface area contributed by atoms with Crippen LogP contribution in [0.15, 0.2) is 42.2 Å². The molecule has 2 aromatic carbocycles. The Kier molecular flexibility index (Phi) is 6.36. The Hall–Kier alpha value is -3.56. The van der Waals surface area contributed by atoms with Gasteiger partial charge in [0, 0.05) is 37.6 Å². The summed E-state index contributed by atoms with van der Waals surface area (Å²) in [4.78, 5) is 27.2. The van der Waals surface area contributed by atoms with Gasteiger partial charge in [-0.25, -0.2) is 0 Å². The van der Waals surface area contributed by atoms with Crippen molar-refractivity contribution >= 4 is 17.8 Å². The van der Waals surface area contributed by atoms with Gasteiger partial charge in [0.2, 0.25) is 5.78 Å². The first-order valence-corrected chi connectivity index (χ1v) is 11.5. The van der Waals surface area contributed by atoms with Gasteiger partial charge in [-0.3, -0.25) is 9.59 Å². The molecular weight excluding hydrogens is 454 g/mol. The van der Waals surface area contributed by atoms with Crippen LogP contribution in [0.25, 0.3) is 6.08 Å². The fraction of sp³-hybridized carbons (Fsp3) is 0.385. The van der Waals surface area contributed by atoms with Crippen molar-refractivity contribution < 1.29 is 38.0 Å². The molecule has 0 saturated carbocycles. The average Bonchev–Trinajstić information content (AvgIpc) is 3.46. The van der Waals surface area contributed by atoms with Gasteiger partial charge in [0.15, 0.2) is 29.7 Å². The van der Waals surface area contributed by atoms with E-state index in [-0.39, 0.29) is 24.1 Å². The number of benzene rings is 2. The number of methoxy groups -OCH3 is 2. The number of ketones is 1. The van der Waals surface area contributed by atoms with Crippen LogP contribution in [0.2, 0.25) is 0 Å². The summed E-state index contributed by atoms with van der Waals surface area (Å²) in [7, 11) is 3.09. The van der Waals surface area contributed by atoms with Gasteiger partial charge >= 0.3 is 0 Å². The van der Waals surface area contributed by atoms with Crippen molar-refractivity contribution in [1.82, 2.24) is 4.90 Å². The van der Waals surface area contributed by atoms with Crippen molar-refractivity contribution in [2.45, 2.75) is 18.6 Å². The molecule has 0 aromatic heterocycles. The number of hydrogen-bond donors (Lipinski definition) is 0. The minimum absolute atomic E-state index is 0.106. The van der Waals surface area contributed by atoms with Gasteiger partial charge in [0.05, 0.1) is 33.0 Å². The number of carbonyl (C=O) groups is 2. The molecule has 1 amide bonds. The minimum Gasteiger partial charge on any atom is -0.493 e. The first kappa shape index (κ1) is 23.2. The minimum atomic E-state index is -0.526. The molecule has 184 valence electrons. The van der Waals surface area contributed by atoms with E-state index in [0.29, 0.717) is 73.3 Å². The standard InChI is InChI=1S/C26H27NO8/c1-30-20-5-3-4-17(25(20)31-2)14-22-24(29)19-7-6-18(15-21(19)35-22)32-16-23(28)27-10-8-26(9-11-27)33-12-13-34-26/h3-7,14-15H,8-13,16H2,1-2H3. The number of fused-ring (bicyclic) bond motifs is 1. The molecule has 5 rings (SSSR count). The highest BCUT2D eigenvalue weighted by Crippen LogP contribution is 2.38. The maximum atomic E-state index is 12.9. The predicted molar refractivity (Wildman–Crippen MR) is 125 cm³/mol. The van der Waals surface area contributed by atoms with E-state index >= 15 is 0 Å². The lowest BCUT2D eigenvalue weighted by Crippen LogP contribution is -2.48. The van der Waals surface area contributed by atoms with Crippen LogP contribution >= 0.6 is 0 Å². The zero-order valence-electron chi connectivity index (χ0n) is 19.7. The third-order valence-corrected chi connectivity index (χ3v) is 6.42. The number of allylic oxidation sites excluding steroid dienone is 1. The number of Topliss-reactive ketones (excluding diaryl/α,β-unsaturated/α-hetero) is 1. The Labute approximate surface area is 203 Å². The highest BCUT2D eigenvalue weighted by Gasteiger charge is 2.40. The van der Waals surface area contributed by atoms with Crippen LogP contribution in [0.1, 0.15) is 28.8 Å². The van der Waals surface area contributed by atoms with E-state index < -0.39 is 5.79 Å². The van der Waals surface area contributed by atoms with Crippen molar-refractivity contribution in [3.63, 3.8) is 0 Å². The fourth-order valence-electron chi connectivity index (χ4n) is 4.54. The molecule has 3 heterocycles. The Balaban J connectivity index is 1.23. The Morgan fingerprint density at radius 2 is 1.86 bits per heavy atom. The maximum absolute atomic E-state index is 12.9. The van der Waals surface area contributed by atoms with E-state index in [4.69, 9.17) is 28.4 Å². The zero-order chi connectivity index (χ0) is 24.4. The number of para-hydroxylation sites is 1. The number of amides is 1. The number of nitrogens with zero attached hydrogens (tertiary/aromatic N) is 1. The van der Waals surface area contributed by atoms with Crippen LogP contribution in [0, 0.1) is 0 Å². The summed E-state index contributed by atoms with van der Waals surface area (Å²) in [5.74, 6) is 1.17. The van der Waals surface area contributed by atoms with Crippen LogP contribution < -0.4 is 18.9 Å². The Morgan fingerprint density at radius 3 is 2.57 bits per heavy atom. The molecule has 0 N–H and O–H groups in total. The molecular formula is C26H27NO8. The van der Waals surface area contributed by atoms with Gasteiger partial charge < -0.3 is 33.3 Å². The van der Waals surface area contributed by atoms with Crippen LogP contribution in [0.4, 0.5) is 0 Å². The summed E-state index contributed by atoms with van der Waals surface area (Å²) < 4.78 is 33.7. The highest BCUT2D eigenvalue weighted by molar-refractivity contribution is 6.14. The summed E-state index contributed by atoms with van der Waals surface area (Å²) in [6.45, 7) is 2.22. The number of carbonyl (C=O) groups excluding carboxylic acids is 2. The number of rotatable bonds is 6. The highest BCUT2D eigenvalue weighted by atomic mass is 16.7. The molecule has 0 bridgehead atoms. The molecule has 35 heavy (non-hydrogen) atoms. The van der Waals surface area contributed by atoms with Crippen LogP contribution in [-0.2, 0) is 14.3 Å². The SMILES string of the molecule is COc1cccc(C=C2Oc3cc(OCC(=O)N4CCC5(CC4)OCCO5)ccc3C2=O)c1OC. The third-order valence-electron chi connectivity index (χ3n) is 6.42. The lowest BCUT2D eigenvalue weighted by molar-refractivity contribution is -0.187. The van der Waals surface area contributed by atoms with E-state index in [1.807, 2.05) is 6.07 Å². The van der Waals surface area contributed by atoms with Crippen molar-refractivity contribution in [2.75, 3.05) is 47.1 Å². The van der Waals surface area contributed by atoms with Gasteiger partial charge in [0.1, 0.15) is 11.5 Å². The second-order valence-corrected chi connectivity index (χ2v) is 8.46. The van der Waals surface area contributed by atoms with Gasteiger partial charge in [-0.05, 0) is 24.3 Å². The first-order chi connectivity index (χ1) is 17.0. The van der Waals surface area contributed by atoms with Crippen LogP contribution in [-0.4, -0.2) is 69.5 Å². The monoisotopic (exact) mass is 481 g/mol. The van der Waals surface area contributed by atoms with E-state index in [9.17, 15) is 9.59 Å². The smallest absolute Gasteiger partial charge is 0.260 e. The molecule has 1 spiro atoms. The number of ether oxygens (including phenoxy) is 6. The average molecular weight is 482 g/mol. The quantitative estimate of drug-likeness (QED) is 0.582. The summed E-state index contributed by atoms with van der Waals surface area (Å²) in [6.07, 6.45) is 2.93. The molecule has 0 atom stereocenters. The molecule has 9 nitrogen and oxygen atoms in total. The van der Waals surface area contributed by atoms with E-state index in [2.05, 4.69) is 0 Å².